The van der Waals surface area contributed by atoms with Crippen molar-refractivity contribution in [1.29, 1.82) is 0 Å². The highest BCUT2D eigenvalue weighted by atomic mass is 32.1. The number of halogens is 1. The molecule has 1 unspecified atom stereocenters. The fourth-order valence-corrected chi connectivity index (χ4v) is 7.46. The molecule has 3 heterocycles. The fraction of sp³-hybridized carbons (Fsp3) is 0.0750. The van der Waals surface area contributed by atoms with Crippen LogP contribution in [-0.2, 0) is 5.54 Å². The summed E-state index contributed by atoms with van der Waals surface area (Å²) in [7, 11) is 0. The number of hydrogen-bond donors (Lipinski definition) is 0. The van der Waals surface area contributed by atoms with E-state index in [0.717, 1.165) is 61.4 Å². The average Bonchev–Trinajstić information content (AvgIpc) is 3.82. The van der Waals surface area contributed by atoms with Crippen LogP contribution >= 0.6 is 11.3 Å². The van der Waals surface area contributed by atoms with Gasteiger partial charge in [-0.15, -0.1) is 11.3 Å². The SMILES string of the molecule is Fc1ccc(-c2nn(C(c3ccccc3)(c3ccccc3)C3C=CC=CC3)cc2-c2ccc3ncnc(-c4cccs4)c3c2)cc1. The van der Waals surface area contributed by atoms with Gasteiger partial charge in [0.1, 0.15) is 23.4 Å². The molecule has 46 heavy (non-hydrogen) atoms. The van der Waals surface area contributed by atoms with Crippen LogP contribution in [0.1, 0.15) is 17.5 Å². The summed E-state index contributed by atoms with van der Waals surface area (Å²) in [6.07, 6.45) is 13.4. The van der Waals surface area contributed by atoms with Gasteiger partial charge in [0.15, 0.2) is 0 Å². The lowest BCUT2D eigenvalue weighted by Crippen LogP contribution is -2.43. The molecule has 0 amide bonds. The third-order valence-corrected chi connectivity index (χ3v) is 9.72. The first-order valence-corrected chi connectivity index (χ1v) is 16.2. The van der Waals surface area contributed by atoms with Gasteiger partial charge in [-0.25, -0.2) is 14.4 Å². The molecule has 0 radical (unpaired) electrons. The van der Waals surface area contributed by atoms with Gasteiger partial charge in [0.05, 0.1) is 16.1 Å². The van der Waals surface area contributed by atoms with E-state index in [-0.39, 0.29) is 11.7 Å². The van der Waals surface area contributed by atoms with Crippen LogP contribution in [0.15, 0.2) is 157 Å². The highest BCUT2D eigenvalue weighted by molar-refractivity contribution is 7.13. The number of thiophene rings is 1. The molecule has 0 saturated heterocycles. The molecule has 6 heteroatoms. The van der Waals surface area contributed by atoms with E-state index >= 15 is 0 Å². The van der Waals surface area contributed by atoms with Crippen molar-refractivity contribution in [2.75, 3.05) is 0 Å². The number of fused-ring (bicyclic) bond motifs is 1. The van der Waals surface area contributed by atoms with Gasteiger partial charge in [-0.3, -0.25) is 4.68 Å². The quantitative estimate of drug-likeness (QED) is 0.179. The van der Waals surface area contributed by atoms with Gasteiger partial charge in [0.2, 0.25) is 0 Å². The maximum atomic E-state index is 14.2. The zero-order valence-corrected chi connectivity index (χ0v) is 25.7. The first kappa shape index (κ1) is 28.0. The van der Waals surface area contributed by atoms with Crippen molar-refractivity contribution in [3.8, 4) is 33.0 Å². The molecule has 0 saturated carbocycles. The lowest BCUT2D eigenvalue weighted by molar-refractivity contribution is 0.293. The number of nitrogens with zero attached hydrogens (tertiary/aromatic N) is 4. The van der Waals surface area contributed by atoms with Crippen LogP contribution in [0.4, 0.5) is 4.39 Å². The monoisotopic (exact) mass is 616 g/mol. The molecule has 1 atom stereocenters. The maximum Gasteiger partial charge on any atom is 0.123 e. The number of rotatable bonds is 7. The molecule has 0 bridgehead atoms. The molecule has 222 valence electrons. The Morgan fingerprint density at radius 1 is 0.739 bits per heavy atom. The number of aromatic nitrogens is 4. The standard InChI is InChI=1S/C40H29FN4S/c41-33-21-18-28(19-22-33)38-35(29-20-23-36-34(25-29)39(43-27-42-36)37-17-10-24-46-37)26-45(44-38)40(30-11-4-1-5-12-30,31-13-6-2-7-14-31)32-15-8-3-9-16-32/h1-15,17-27,32H,16H2. The van der Waals surface area contributed by atoms with Crippen molar-refractivity contribution in [1.82, 2.24) is 19.7 Å². The summed E-state index contributed by atoms with van der Waals surface area (Å²) in [5.74, 6) is -0.207. The first-order valence-electron chi connectivity index (χ1n) is 15.3. The molecule has 1 aliphatic rings. The van der Waals surface area contributed by atoms with E-state index in [0.29, 0.717) is 0 Å². The molecule has 0 aliphatic heterocycles. The normalized spacial score (nSPS) is 14.6. The summed E-state index contributed by atoms with van der Waals surface area (Å²) in [5, 5.41) is 8.48. The number of allylic oxidation sites excluding steroid dienone is 4. The van der Waals surface area contributed by atoms with E-state index in [2.05, 4.69) is 129 Å². The molecule has 0 spiro atoms. The number of hydrogen-bond acceptors (Lipinski definition) is 4. The largest absolute Gasteiger partial charge is 0.256 e. The van der Waals surface area contributed by atoms with Crippen molar-refractivity contribution in [3.05, 3.63) is 174 Å². The molecule has 8 rings (SSSR count). The maximum absolute atomic E-state index is 14.2. The zero-order valence-electron chi connectivity index (χ0n) is 24.9. The Hall–Kier alpha value is -5.46. The summed E-state index contributed by atoms with van der Waals surface area (Å²) in [6, 6.07) is 38.3. The summed E-state index contributed by atoms with van der Waals surface area (Å²) >= 11 is 1.66. The highest BCUT2D eigenvalue weighted by Gasteiger charge is 2.44. The Morgan fingerprint density at radius 2 is 1.48 bits per heavy atom. The molecule has 0 fully saturated rings. The molecule has 1 aliphatic carbocycles. The van der Waals surface area contributed by atoms with Crippen molar-refractivity contribution in [2.45, 2.75) is 12.0 Å². The summed E-state index contributed by atoms with van der Waals surface area (Å²) in [4.78, 5) is 10.3. The lowest BCUT2D eigenvalue weighted by atomic mass is 9.70. The summed E-state index contributed by atoms with van der Waals surface area (Å²) in [6.45, 7) is 0. The van der Waals surface area contributed by atoms with Crippen molar-refractivity contribution >= 4 is 22.2 Å². The van der Waals surface area contributed by atoms with Crippen LogP contribution in [0.25, 0.3) is 43.9 Å². The van der Waals surface area contributed by atoms with E-state index in [1.54, 1.807) is 17.7 Å². The van der Waals surface area contributed by atoms with Crippen LogP contribution in [0.3, 0.4) is 0 Å². The van der Waals surface area contributed by atoms with Crippen LogP contribution in [0, 0.1) is 11.7 Å². The van der Waals surface area contributed by atoms with E-state index < -0.39 is 5.54 Å². The summed E-state index contributed by atoms with van der Waals surface area (Å²) < 4.78 is 16.4. The van der Waals surface area contributed by atoms with Gasteiger partial charge < -0.3 is 0 Å². The van der Waals surface area contributed by atoms with Crippen LogP contribution in [0.5, 0.6) is 0 Å². The van der Waals surface area contributed by atoms with Crippen LogP contribution in [-0.4, -0.2) is 19.7 Å². The highest BCUT2D eigenvalue weighted by Crippen LogP contribution is 2.46. The Kier molecular flexibility index (Phi) is 7.20. The first-order chi connectivity index (χ1) is 22.7. The minimum atomic E-state index is -0.668. The van der Waals surface area contributed by atoms with E-state index in [1.807, 2.05) is 24.3 Å². The second-order valence-electron chi connectivity index (χ2n) is 11.4. The topological polar surface area (TPSA) is 43.6 Å². The van der Waals surface area contributed by atoms with Gasteiger partial charge in [0, 0.05) is 28.6 Å². The van der Waals surface area contributed by atoms with Crippen molar-refractivity contribution < 1.29 is 4.39 Å². The number of benzene rings is 4. The Balaban J connectivity index is 1.43. The lowest BCUT2D eigenvalue weighted by Gasteiger charge is -2.41. The third kappa shape index (κ3) is 4.78. The molecular weight excluding hydrogens is 588 g/mol. The third-order valence-electron chi connectivity index (χ3n) is 8.84. The zero-order chi connectivity index (χ0) is 30.9. The minimum Gasteiger partial charge on any atom is -0.256 e. The molecule has 4 nitrogen and oxygen atoms in total. The summed E-state index contributed by atoms with van der Waals surface area (Å²) in [5.41, 5.74) is 6.93. The van der Waals surface area contributed by atoms with Crippen molar-refractivity contribution in [2.24, 2.45) is 5.92 Å². The minimum absolute atomic E-state index is 0.0755. The van der Waals surface area contributed by atoms with Crippen LogP contribution < -0.4 is 0 Å². The van der Waals surface area contributed by atoms with Gasteiger partial charge in [-0.2, -0.15) is 5.10 Å². The molecule has 0 N–H and O–H groups in total. The predicted molar refractivity (Wildman–Crippen MR) is 185 cm³/mol. The van der Waals surface area contributed by atoms with E-state index in [1.165, 1.54) is 12.1 Å². The van der Waals surface area contributed by atoms with E-state index in [4.69, 9.17) is 5.10 Å². The molecule has 4 aromatic carbocycles. The van der Waals surface area contributed by atoms with Gasteiger partial charge in [-0.1, -0.05) is 97.1 Å². The van der Waals surface area contributed by atoms with Crippen molar-refractivity contribution in [3.63, 3.8) is 0 Å². The predicted octanol–water partition coefficient (Wildman–Crippen LogP) is 9.95. The molecule has 7 aromatic rings. The second kappa shape index (κ2) is 11.8. The average molecular weight is 617 g/mol. The smallest absolute Gasteiger partial charge is 0.123 e. The van der Waals surface area contributed by atoms with Crippen LogP contribution in [0.2, 0.25) is 0 Å². The van der Waals surface area contributed by atoms with E-state index in [9.17, 15) is 4.39 Å². The molecular formula is C40H29FN4S. The van der Waals surface area contributed by atoms with Gasteiger partial charge in [-0.05, 0) is 71.0 Å². The Bertz CT molecular complexity index is 2140. The Morgan fingerprint density at radius 3 is 2.15 bits per heavy atom. The molecule has 3 aromatic heterocycles. The van der Waals surface area contributed by atoms with Gasteiger partial charge >= 0.3 is 0 Å². The van der Waals surface area contributed by atoms with Gasteiger partial charge in [0.25, 0.3) is 0 Å². The second-order valence-corrected chi connectivity index (χ2v) is 12.4. The Labute approximate surface area is 270 Å². The fourth-order valence-electron chi connectivity index (χ4n) is 6.72.